The minimum atomic E-state index is -3.37. The number of methoxy groups -OCH3 is 1. The van der Waals surface area contributed by atoms with Crippen molar-refractivity contribution in [3.8, 4) is 0 Å². The van der Waals surface area contributed by atoms with Gasteiger partial charge >= 0.3 is 0 Å². The molecule has 1 atom stereocenters. The molecule has 0 aromatic heterocycles. The third-order valence-corrected chi connectivity index (χ3v) is 4.01. The van der Waals surface area contributed by atoms with Gasteiger partial charge < -0.3 is 10.5 Å². The van der Waals surface area contributed by atoms with Crippen LogP contribution < -0.4 is 10.5 Å². The molecule has 0 aliphatic carbocycles. The third-order valence-electron chi connectivity index (χ3n) is 2.45. The lowest BCUT2D eigenvalue weighted by Gasteiger charge is -2.11. The van der Waals surface area contributed by atoms with Crippen LogP contribution in [0.4, 0.5) is 0 Å². The van der Waals surface area contributed by atoms with E-state index in [-0.39, 0.29) is 10.9 Å². The number of rotatable bonds is 7. The Bertz CT molecular complexity index is 457. The van der Waals surface area contributed by atoms with Crippen molar-refractivity contribution in [3.63, 3.8) is 0 Å². The van der Waals surface area contributed by atoms with Gasteiger partial charge in [-0.1, -0.05) is 19.1 Å². The van der Waals surface area contributed by atoms with Gasteiger partial charge in [-0.15, -0.1) is 0 Å². The molecule has 1 rings (SSSR count). The summed E-state index contributed by atoms with van der Waals surface area (Å²) in [6, 6.07) is 6.66. The van der Waals surface area contributed by atoms with Crippen molar-refractivity contribution in [2.45, 2.75) is 24.3 Å². The lowest BCUT2D eigenvalue weighted by molar-refractivity contribution is 0.180. The maximum atomic E-state index is 11.7. The fourth-order valence-corrected chi connectivity index (χ4v) is 2.69. The van der Waals surface area contributed by atoms with Crippen LogP contribution in [-0.4, -0.2) is 34.7 Å². The topological polar surface area (TPSA) is 81.4 Å². The monoisotopic (exact) mass is 272 g/mol. The van der Waals surface area contributed by atoms with Crippen LogP contribution in [0.2, 0.25) is 0 Å². The van der Waals surface area contributed by atoms with Crippen molar-refractivity contribution in [1.82, 2.24) is 4.72 Å². The minimum absolute atomic E-state index is 0.0776. The molecule has 0 aliphatic heterocycles. The molecule has 0 saturated carbocycles. The molecule has 0 bridgehead atoms. The summed E-state index contributed by atoms with van der Waals surface area (Å²) < 4.78 is 30.8. The quantitative estimate of drug-likeness (QED) is 0.757. The third kappa shape index (κ3) is 4.38. The van der Waals surface area contributed by atoms with Crippen LogP contribution in [0.25, 0.3) is 0 Å². The second kappa shape index (κ2) is 6.84. The molecular weight excluding hydrogens is 252 g/mol. The molecular formula is C12H20N2O3S. The molecule has 0 fully saturated rings. The highest BCUT2D eigenvalue weighted by Crippen LogP contribution is 2.11. The second-order valence-electron chi connectivity index (χ2n) is 4.06. The molecule has 1 unspecified atom stereocenters. The number of ether oxygens (including phenoxy) is 1. The van der Waals surface area contributed by atoms with Crippen molar-refractivity contribution in [2.24, 2.45) is 5.73 Å². The maximum Gasteiger partial charge on any atom is 0.240 e. The van der Waals surface area contributed by atoms with Gasteiger partial charge in [-0.05, 0) is 24.1 Å². The van der Waals surface area contributed by atoms with Gasteiger partial charge in [0, 0.05) is 19.7 Å². The molecule has 18 heavy (non-hydrogen) atoms. The van der Waals surface area contributed by atoms with E-state index in [0.29, 0.717) is 19.6 Å². The Balaban J connectivity index is 2.74. The standard InChI is InChI=1S/C12H20N2O3S/c1-3-14-18(15,16)12-6-4-10(5-7-12)8-11(13)9-17-2/h4-7,11,14H,3,8-9,13H2,1-2H3. The Morgan fingerprint density at radius 3 is 2.44 bits per heavy atom. The van der Waals surface area contributed by atoms with Crippen molar-refractivity contribution in [1.29, 1.82) is 0 Å². The van der Waals surface area contributed by atoms with E-state index in [1.165, 1.54) is 0 Å². The van der Waals surface area contributed by atoms with Crippen molar-refractivity contribution in [2.75, 3.05) is 20.3 Å². The molecule has 1 aromatic rings. The maximum absolute atomic E-state index is 11.7. The van der Waals surface area contributed by atoms with Crippen molar-refractivity contribution in [3.05, 3.63) is 29.8 Å². The van der Waals surface area contributed by atoms with E-state index in [1.54, 1.807) is 38.3 Å². The average Bonchev–Trinajstić information content (AvgIpc) is 2.30. The van der Waals surface area contributed by atoms with E-state index in [4.69, 9.17) is 10.5 Å². The minimum Gasteiger partial charge on any atom is -0.383 e. The first kappa shape index (κ1) is 15.1. The molecule has 5 nitrogen and oxygen atoms in total. The predicted molar refractivity (Wildman–Crippen MR) is 70.9 cm³/mol. The van der Waals surface area contributed by atoms with Gasteiger partial charge in [0.05, 0.1) is 11.5 Å². The molecule has 0 amide bonds. The van der Waals surface area contributed by atoms with Gasteiger partial charge in [-0.25, -0.2) is 13.1 Å². The molecule has 0 spiro atoms. The second-order valence-corrected chi connectivity index (χ2v) is 5.83. The van der Waals surface area contributed by atoms with E-state index in [0.717, 1.165) is 5.56 Å². The number of sulfonamides is 1. The Labute approximate surface area is 108 Å². The zero-order chi connectivity index (χ0) is 13.6. The summed E-state index contributed by atoms with van der Waals surface area (Å²) in [5.74, 6) is 0. The van der Waals surface area contributed by atoms with Crippen LogP contribution in [0.3, 0.4) is 0 Å². The summed E-state index contributed by atoms with van der Waals surface area (Å²) >= 11 is 0. The zero-order valence-corrected chi connectivity index (χ0v) is 11.5. The summed E-state index contributed by atoms with van der Waals surface area (Å²) in [5, 5.41) is 0. The SMILES string of the molecule is CCNS(=O)(=O)c1ccc(CC(N)COC)cc1. The molecule has 0 saturated heterocycles. The number of nitrogens with one attached hydrogen (secondary N) is 1. The zero-order valence-electron chi connectivity index (χ0n) is 10.7. The summed E-state index contributed by atoms with van der Waals surface area (Å²) in [6.07, 6.45) is 0.662. The molecule has 1 aromatic carbocycles. The van der Waals surface area contributed by atoms with E-state index in [9.17, 15) is 8.42 Å². The van der Waals surface area contributed by atoms with Gasteiger partial charge in [0.25, 0.3) is 0 Å². The number of nitrogens with two attached hydrogens (primary N) is 1. The molecule has 0 aliphatic rings. The van der Waals surface area contributed by atoms with E-state index >= 15 is 0 Å². The number of benzene rings is 1. The van der Waals surface area contributed by atoms with Crippen LogP contribution in [0, 0.1) is 0 Å². The lowest BCUT2D eigenvalue weighted by atomic mass is 10.1. The summed E-state index contributed by atoms with van der Waals surface area (Å²) in [7, 11) is -1.77. The summed E-state index contributed by atoms with van der Waals surface area (Å²) in [6.45, 7) is 2.61. The van der Waals surface area contributed by atoms with E-state index in [1.807, 2.05) is 0 Å². The normalized spacial score (nSPS) is 13.5. The first-order chi connectivity index (χ1) is 8.49. The van der Waals surface area contributed by atoms with Crippen LogP contribution >= 0.6 is 0 Å². The van der Waals surface area contributed by atoms with Gasteiger partial charge in [0.1, 0.15) is 0 Å². The first-order valence-electron chi connectivity index (χ1n) is 5.82. The lowest BCUT2D eigenvalue weighted by Crippen LogP contribution is -2.28. The van der Waals surface area contributed by atoms with Gasteiger partial charge in [-0.2, -0.15) is 0 Å². The Morgan fingerprint density at radius 1 is 1.33 bits per heavy atom. The van der Waals surface area contributed by atoms with Crippen LogP contribution in [0.1, 0.15) is 12.5 Å². The number of hydrogen-bond donors (Lipinski definition) is 2. The van der Waals surface area contributed by atoms with Crippen LogP contribution in [0.5, 0.6) is 0 Å². The van der Waals surface area contributed by atoms with E-state index < -0.39 is 10.0 Å². The fraction of sp³-hybridized carbons (Fsp3) is 0.500. The highest BCUT2D eigenvalue weighted by molar-refractivity contribution is 7.89. The number of hydrogen-bond acceptors (Lipinski definition) is 4. The van der Waals surface area contributed by atoms with Gasteiger partial charge in [0.15, 0.2) is 0 Å². The van der Waals surface area contributed by atoms with Gasteiger partial charge in [0.2, 0.25) is 10.0 Å². The van der Waals surface area contributed by atoms with E-state index in [2.05, 4.69) is 4.72 Å². The Hall–Kier alpha value is -0.950. The fourth-order valence-electron chi connectivity index (χ4n) is 1.65. The molecule has 6 heteroatoms. The predicted octanol–water partition coefficient (Wildman–Crippen LogP) is 0.501. The average molecular weight is 272 g/mol. The first-order valence-corrected chi connectivity index (χ1v) is 7.31. The Morgan fingerprint density at radius 2 is 1.94 bits per heavy atom. The highest BCUT2D eigenvalue weighted by Gasteiger charge is 2.12. The van der Waals surface area contributed by atoms with Crippen LogP contribution in [0.15, 0.2) is 29.2 Å². The molecule has 0 heterocycles. The van der Waals surface area contributed by atoms with Crippen molar-refractivity contribution >= 4 is 10.0 Å². The smallest absolute Gasteiger partial charge is 0.240 e. The molecule has 102 valence electrons. The van der Waals surface area contributed by atoms with Crippen LogP contribution in [-0.2, 0) is 21.2 Å². The Kier molecular flexibility index (Phi) is 5.74. The largest absolute Gasteiger partial charge is 0.383 e. The highest BCUT2D eigenvalue weighted by atomic mass is 32.2. The summed E-state index contributed by atoms with van der Waals surface area (Å²) in [4.78, 5) is 0.272. The van der Waals surface area contributed by atoms with Crippen molar-refractivity contribution < 1.29 is 13.2 Å². The summed E-state index contributed by atoms with van der Waals surface area (Å²) in [5.41, 5.74) is 6.83. The molecule has 3 N–H and O–H groups in total. The van der Waals surface area contributed by atoms with Gasteiger partial charge in [-0.3, -0.25) is 0 Å². The molecule has 0 radical (unpaired) electrons.